The number of nitrogens with zero attached hydrogens (tertiary/aromatic N) is 1. The molecule has 0 radical (unpaired) electrons. The van der Waals surface area contributed by atoms with Crippen molar-refractivity contribution in [3.8, 4) is 0 Å². The molecule has 1 heterocycles. The summed E-state index contributed by atoms with van der Waals surface area (Å²) < 4.78 is 0. The third kappa shape index (κ3) is 1.53. The summed E-state index contributed by atoms with van der Waals surface area (Å²) >= 11 is 0. The molecule has 1 amide bonds. The molecule has 0 unspecified atom stereocenters. The maximum atomic E-state index is 11.2. The van der Waals surface area contributed by atoms with E-state index < -0.39 is 0 Å². The van der Waals surface area contributed by atoms with Gasteiger partial charge in [0.25, 0.3) is 0 Å². The summed E-state index contributed by atoms with van der Waals surface area (Å²) in [6, 6.07) is 3.88. The first-order chi connectivity index (χ1) is 6.77. The van der Waals surface area contributed by atoms with Crippen LogP contribution in [0.3, 0.4) is 0 Å². The minimum absolute atomic E-state index is 0.112. The highest BCUT2D eigenvalue weighted by atomic mass is 16.1. The van der Waals surface area contributed by atoms with Gasteiger partial charge < -0.3 is 5.32 Å². The van der Waals surface area contributed by atoms with Crippen LogP contribution in [0.1, 0.15) is 18.4 Å². The zero-order valence-electron chi connectivity index (χ0n) is 7.86. The molecule has 0 aromatic carbocycles. The van der Waals surface area contributed by atoms with Crippen LogP contribution in [0.15, 0.2) is 37.2 Å². The highest BCUT2D eigenvalue weighted by molar-refractivity contribution is 5.88. The summed E-state index contributed by atoms with van der Waals surface area (Å²) in [5.74, 6) is -0.112. The molecule has 0 spiro atoms. The first kappa shape index (κ1) is 8.94. The lowest BCUT2D eigenvalue weighted by molar-refractivity contribution is -0.117. The lowest BCUT2D eigenvalue weighted by atomic mass is 10.1. The average Bonchev–Trinajstić information content (AvgIpc) is 3.00. The molecule has 3 heteroatoms. The van der Waals surface area contributed by atoms with Gasteiger partial charge in [0, 0.05) is 12.4 Å². The van der Waals surface area contributed by atoms with Gasteiger partial charge in [0.05, 0.1) is 5.54 Å². The van der Waals surface area contributed by atoms with Gasteiger partial charge in [-0.1, -0.05) is 6.58 Å². The molecule has 14 heavy (non-hydrogen) atoms. The van der Waals surface area contributed by atoms with Gasteiger partial charge in [-0.2, -0.15) is 0 Å². The predicted molar refractivity (Wildman–Crippen MR) is 53.5 cm³/mol. The van der Waals surface area contributed by atoms with E-state index in [1.54, 1.807) is 12.4 Å². The number of carbonyl (C=O) groups excluding carboxylic acids is 1. The first-order valence-corrected chi connectivity index (χ1v) is 4.62. The topological polar surface area (TPSA) is 42.0 Å². The third-order valence-corrected chi connectivity index (χ3v) is 2.53. The average molecular weight is 188 g/mol. The molecule has 0 bridgehead atoms. The number of amides is 1. The van der Waals surface area contributed by atoms with Crippen molar-refractivity contribution < 1.29 is 4.79 Å². The summed E-state index contributed by atoms with van der Waals surface area (Å²) in [5, 5.41) is 2.95. The molecule has 1 saturated carbocycles. The Bertz CT molecular complexity index is 355. The van der Waals surface area contributed by atoms with E-state index in [0.29, 0.717) is 0 Å². The van der Waals surface area contributed by atoms with Gasteiger partial charge in [0.2, 0.25) is 5.91 Å². The second-order valence-electron chi connectivity index (χ2n) is 3.51. The summed E-state index contributed by atoms with van der Waals surface area (Å²) in [7, 11) is 0. The van der Waals surface area contributed by atoms with Gasteiger partial charge in [0.1, 0.15) is 0 Å². The Balaban J connectivity index is 2.18. The number of aromatic nitrogens is 1. The molecule has 2 rings (SSSR count). The molecule has 1 aliphatic rings. The second-order valence-corrected chi connectivity index (χ2v) is 3.51. The van der Waals surface area contributed by atoms with Crippen molar-refractivity contribution in [3.63, 3.8) is 0 Å². The lowest BCUT2D eigenvalue weighted by Gasteiger charge is -2.16. The Morgan fingerprint density at radius 2 is 2.14 bits per heavy atom. The molecule has 3 nitrogen and oxygen atoms in total. The second kappa shape index (κ2) is 3.25. The molecule has 0 atom stereocenters. The van der Waals surface area contributed by atoms with Gasteiger partial charge in [0.15, 0.2) is 0 Å². The first-order valence-electron chi connectivity index (χ1n) is 4.62. The van der Waals surface area contributed by atoms with E-state index in [4.69, 9.17) is 0 Å². The fourth-order valence-corrected chi connectivity index (χ4v) is 1.57. The standard InChI is InChI=1S/C11H12N2O/c1-2-10(14)13-11(5-6-11)9-3-7-12-8-4-9/h2-4,7-8H,1,5-6H2,(H,13,14). The summed E-state index contributed by atoms with van der Waals surface area (Å²) in [6.45, 7) is 3.44. The summed E-state index contributed by atoms with van der Waals surface area (Å²) in [6.07, 6.45) is 6.79. The number of hydrogen-bond donors (Lipinski definition) is 1. The third-order valence-electron chi connectivity index (χ3n) is 2.53. The molecule has 1 aromatic heterocycles. The van der Waals surface area contributed by atoms with Crippen LogP contribution in [0.4, 0.5) is 0 Å². The predicted octanol–water partition coefficient (Wildman–Crippen LogP) is 1.37. The van der Waals surface area contributed by atoms with Crippen LogP contribution in [-0.4, -0.2) is 10.9 Å². The maximum absolute atomic E-state index is 11.2. The fourth-order valence-electron chi connectivity index (χ4n) is 1.57. The summed E-state index contributed by atoms with van der Waals surface area (Å²) in [5.41, 5.74) is 0.983. The summed E-state index contributed by atoms with van der Waals surface area (Å²) in [4.78, 5) is 15.1. The van der Waals surface area contributed by atoms with Crippen molar-refractivity contribution in [3.05, 3.63) is 42.7 Å². The number of pyridine rings is 1. The largest absolute Gasteiger partial charge is 0.343 e. The molecule has 1 aliphatic carbocycles. The molecule has 72 valence electrons. The Kier molecular flexibility index (Phi) is 2.08. The van der Waals surface area contributed by atoms with Crippen LogP contribution < -0.4 is 5.32 Å². The van der Waals surface area contributed by atoms with Crippen LogP contribution in [-0.2, 0) is 10.3 Å². The van der Waals surface area contributed by atoms with Crippen molar-refractivity contribution in [2.24, 2.45) is 0 Å². The quantitative estimate of drug-likeness (QED) is 0.728. The molecule has 1 N–H and O–H groups in total. The number of nitrogens with one attached hydrogen (secondary N) is 1. The van der Waals surface area contributed by atoms with Gasteiger partial charge in [-0.05, 0) is 36.6 Å². The SMILES string of the molecule is C=CC(=O)NC1(c2ccncc2)CC1. The minimum Gasteiger partial charge on any atom is -0.343 e. The normalized spacial score (nSPS) is 17.1. The maximum Gasteiger partial charge on any atom is 0.244 e. The van der Waals surface area contributed by atoms with E-state index in [1.165, 1.54) is 6.08 Å². The number of rotatable bonds is 3. The molecule has 0 aliphatic heterocycles. The van der Waals surface area contributed by atoms with E-state index in [1.807, 2.05) is 12.1 Å². The van der Waals surface area contributed by atoms with Crippen molar-refractivity contribution in [2.75, 3.05) is 0 Å². The van der Waals surface area contributed by atoms with E-state index in [9.17, 15) is 4.79 Å². The monoisotopic (exact) mass is 188 g/mol. The van der Waals surface area contributed by atoms with E-state index >= 15 is 0 Å². The Labute approximate surface area is 82.9 Å². The number of carbonyl (C=O) groups is 1. The fraction of sp³-hybridized carbons (Fsp3) is 0.273. The molecule has 0 saturated heterocycles. The van der Waals surface area contributed by atoms with E-state index in [2.05, 4.69) is 16.9 Å². The van der Waals surface area contributed by atoms with E-state index in [0.717, 1.165) is 18.4 Å². The molecule has 1 aromatic rings. The van der Waals surface area contributed by atoms with Crippen LogP contribution >= 0.6 is 0 Å². The number of hydrogen-bond acceptors (Lipinski definition) is 2. The zero-order valence-corrected chi connectivity index (χ0v) is 7.86. The Morgan fingerprint density at radius 1 is 1.50 bits per heavy atom. The van der Waals surface area contributed by atoms with Crippen LogP contribution in [0, 0.1) is 0 Å². The van der Waals surface area contributed by atoms with Gasteiger partial charge in [-0.15, -0.1) is 0 Å². The van der Waals surface area contributed by atoms with Crippen molar-refractivity contribution >= 4 is 5.91 Å². The van der Waals surface area contributed by atoms with Crippen molar-refractivity contribution in [2.45, 2.75) is 18.4 Å². The zero-order chi connectivity index (χ0) is 10.0. The molecule has 1 fully saturated rings. The van der Waals surface area contributed by atoms with Gasteiger partial charge in [-0.25, -0.2) is 0 Å². The lowest BCUT2D eigenvalue weighted by Crippen LogP contribution is -2.33. The van der Waals surface area contributed by atoms with Gasteiger partial charge in [-0.3, -0.25) is 9.78 Å². The van der Waals surface area contributed by atoms with Crippen LogP contribution in [0.25, 0.3) is 0 Å². The smallest absolute Gasteiger partial charge is 0.244 e. The minimum atomic E-state index is -0.145. The van der Waals surface area contributed by atoms with Gasteiger partial charge >= 0.3 is 0 Å². The van der Waals surface area contributed by atoms with Crippen LogP contribution in [0.5, 0.6) is 0 Å². The Morgan fingerprint density at radius 3 is 2.64 bits per heavy atom. The molecular formula is C11H12N2O. The van der Waals surface area contributed by atoms with Crippen molar-refractivity contribution in [1.82, 2.24) is 10.3 Å². The highest BCUT2D eigenvalue weighted by Crippen LogP contribution is 2.45. The van der Waals surface area contributed by atoms with Crippen LogP contribution in [0.2, 0.25) is 0 Å². The van der Waals surface area contributed by atoms with E-state index in [-0.39, 0.29) is 11.4 Å². The Hall–Kier alpha value is -1.64. The highest BCUT2D eigenvalue weighted by Gasteiger charge is 2.45. The van der Waals surface area contributed by atoms with Crippen molar-refractivity contribution in [1.29, 1.82) is 0 Å². The molecular weight excluding hydrogens is 176 g/mol.